The average molecular weight is 948 g/mol. The maximum absolute atomic E-state index is 12.9. The smallest absolute Gasteiger partial charge is 0.306 e. The summed E-state index contributed by atoms with van der Waals surface area (Å²) in [6.45, 7) is 6.46. The van der Waals surface area contributed by atoms with Crippen LogP contribution in [-0.4, -0.2) is 37.2 Å². The van der Waals surface area contributed by atoms with Gasteiger partial charge in [-0.25, -0.2) is 0 Å². The Labute approximate surface area is 420 Å². The molecule has 390 valence electrons. The molecule has 0 N–H and O–H groups in total. The van der Waals surface area contributed by atoms with Gasteiger partial charge in [-0.15, -0.1) is 0 Å². The van der Waals surface area contributed by atoms with Crippen LogP contribution >= 0.6 is 0 Å². The highest BCUT2D eigenvalue weighted by atomic mass is 16.6. The second-order valence-electron chi connectivity index (χ2n) is 18.8. The number of carbonyl (C=O) groups is 3. The monoisotopic (exact) mass is 947 g/mol. The van der Waals surface area contributed by atoms with Crippen LogP contribution in [0.3, 0.4) is 0 Å². The highest BCUT2D eigenvalue weighted by molar-refractivity contribution is 5.71. The molecule has 68 heavy (non-hydrogen) atoms. The highest BCUT2D eigenvalue weighted by Gasteiger charge is 2.19. The van der Waals surface area contributed by atoms with Gasteiger partial charge in [-0.2, -0.15) is 0 Å². The third kappa shape index (κ3) is 53.5. The molecule has 0 aliphatic rings. The Morgan fingerprint density at radius 2 is 0.603 bits per heavy atom. The molecule has 0 aliphatic heterocycles. The summed E-state index contributed by atoms with van der Waals surface area (Å²) in [5.74, 6) is -0.990. The van der Waals surface area contributed by atoms with E-state index in [1.807, 2.05) is 6.08 Å². The van der Waals surface area contributed by atoms with E-state index in [2.05, 4.69) is 99.8 Å². The molecule has 0 aromatic carbocycles. The van der Waals surface area contributed by atoms with Gasteiger partial charge in [0, 0.05) is 19.3 Å². The Kier molecular flexibility index (Phi) is 53.4. The van der Waals surface area contributed by atoms with E-state index in [4.69, 9.17) is 14.2 Å². The van der Waals surface area contributed by atoms with Crippen molar-refractivity contribution in [1.29, 1.82) is 0 Å². The molecule has 0 unspecified atom stereocenters. The first kappa shape index (κ1) is 64.6. The minimum atomic E-state index is -0.809. The van der Waals surface area contributed by atoms with Crippen LogP contribution in [0, 0.1) is 0 Å². The molecule has 0 aromatic heterocycles. The number of unbranched alkanes of at least 4 members (excludes halogenated alkanes) is 26. The molecular formula is C62H106O6. The zero-order chi connectivity index (χ0) is 49.3. The molecule has 0 bridgehead atoms. The maximum atomic E-state index is 12.9. The predicted octanol–water partition coefficient (Wildman–Crippen LogP) is 19.2. The van der Waals surface area contributed by atoms with Gasteiger partial charge in [0.05, 0.1) is 0 Å². The molecule has 0 saturated heterocycles. The molecule has 0 radical (unpaired) electrons. The Bertz CT molecular complexity index is 1320. The lowest BCUT2D eigenvalue weighted by molar-refractivity contribution is -0.166. The van der Waals surface area contributed by atoms with Crippen LogP contribution in [-0.2, 0) is 28.6 Å². The van der Waals surface area contributed by atoms with Gasteiger partial charge in [-0.05, 0) is 83.5 Å². The third-order valence-electron chi connectivity index (χ3n) is 12.1. The van der Waals surface area contributed by atoms with Crippen LogP contribution in [0.4, 0.5) is 0 Å². The zero-order valence-corrected chi connectivity index (χ0v) is 44.6. The van der Waals surface area contributed by atoms with Gasteiger partial charge in [-0.3, -0.25) is 14.4 Å². The standard InChI is InChI=1S/C62H106O6/c1-4-7-10-13-16-19-22-25-27-29-31-33-34-37-40-43-46-49-52-55-61(64)67-58-59(57-66-60(63)54-51-48-45-42-39-36-24-21-18-15-12-9-6-3)68-62(65)56-53-50-47-44-41-38-35-32-30-28-26-23-20-17-14-11-8-5-2/h7,10,16,19,21,24-25,27,31,33,37,40,46,49,59H,4-6,8-9,11-15,17-18,20,22-23,26,28-30,32,34-36,38-39,41-45,47-48,50-58H2,1-3H3/b10-7+,19-16+,24-21+,27-25+,33-31+,40-37+,49-46+/t59-/m1/s1. The van der Waals surface area contributed by atoms with Crippen molar-refractivity contribution in [3.05, 3.63) is 85.1 Å². The average Bonchev–Trinajstić information content (AvgIpc) is 3.34. The summed E-state index contributed by atoms with van der Waals surface area (Å²) < 4.78 is 16.8. The molecule has 6 nitrogen and oxygen atoms in total. The summed E-state index contributed by atoms with van der Waals surface area (Å²) in [4.78, 5) is 38.1. The number of ether oxygens (including phenoxy) is 3. The van der Waals surface area contributed by atoms with Crippen molar-refractivity contribution in [3.8, 4) is 0 Å². The van der Waals surface area contributed by atoms with Gasteiger partial charge >= 0.3 is 17.9 Å². The van der Waals surface area contributed by atoms with Crippen molar-refractivity contribution in [2.75, 3.05) is 13.2 Å². The summed E-state index contributed by atoms with van der Waals surface area (Å²) in [5, 5.41) is 0. The molecule has 0 fully saturated rings. The number of esters is 3. The number of hydrogen-bond acceptors (Lipinski definition) is 6. The first-order chi connectivity index (χ1) is 33.5. The topological polar surface area (TPSA) is 78.9 Å². The van der Waals surface area contributed by atoms with E-state index < -0.39 is 6.10 Å². The molecule has 0 rings (SSSR count). The SMILES string of the molecule is CC/C=C/C/C=C/C/C=C/C/C=C/C/C=C/C/C=C/CCC(=O)OC[C@@H](COC(=O)CCCCCCC/C=C/CCCCCC)OC(=O)CCCCCCCCCCCCCCCCCCCC. The van der Waals surface area contributed by atoms with Crippen LogP contribution in [0.25, 0.3) is 0 Å². The molecule has 6 heteroatoms. The van der Waals surface area contributed by atoms with Crippen LogP contribution in [0.15, 0.2) is 85.1 Å². The molecule has 0 heterocycles. The molecule has 0 saturated carbocycles. The van der Waals surface area contributed by atoms with E-state index in [0.29, 0.717) is 19.3 Å². The maximum Gasteiger partial charge on any atom is 0.306 e. The van der Waals surface area contributed by atoms with Gasteiger partial charge in [0.15, 0.2) is 6.10 Å². The van der Waals surface area contributed by atoms with Crippen molar-refractivity contribution in [3.63, 3.8) is 0 Å². The van der Waals surface area contributed by atoms with E-state index in [1.165, 1.54) is 135 Å². The van der Waals surface area contributed by atoms with Gasteiger partial charge in [0.25, 0.3) is 0 Å². The number of allylic oxidation sites excluding steroid dienone is 14. The quantitative estimate of drug-likeness (QED) is 0.0262. The first-order valence-electron chi connectivity index (χ1n) is 28.6. The van der Waals surface area contributed by atoms with Crippen molar-refractivity contribution in [1.82, 2.24) is 0 Å². The third-order valence-corrected chi connectivity index (χ3v) is 12.1. The summed E-state index contributed by atoms with van der Waals surface area (Å²) in [5.41, 5.74) is 0. The van der Waals surface area contributed by atoms with E-state index in [0.717, 1.165) is 89.9 Å². The van der Waals surface area contributed by atoms with Gasteiger partial charge in [0.1, 0.15) is 13.2 Å². The van der Waals surface area contributed by atoms with Crippen LogP contribution < -0.4 is 0 Å². The van der Waals surface area contributed by atoms with Crippen molar-refractivity contribution >= 4 is 17.9 Å². The van der Waals surface area contributed by atoms with E-state index in [-0.39, 0.29) is 37.5 Å². The molecule has 1 atom stereocenters. The van der Waals surface area contributed by atoms with E-state index in [9.17, 15) is 14.4 Å². The molecule has 0 amide bonds. The van der Waals surface area contributed by atoms with Crippen molar-refractivity contribution in [2.24, 2.45) is 0 Å². The summed E-state index contributed by atoms with van der Waals surface area (Å²) in [7, 11) is 0. The first-order valence-corrected chi connectivity index (χ1v) is 28.6. The lowest BCUT2D eigenvalue weighted by Gasteiger charge is -2.18. The number of hydrogen-bond donors (Lipinski definition) is 0. The molecular weight excluding hydrogens is 841 g/mol. The lowest BCUT2D eigenvalue weighted by atomic mass is 10.0. The second-order valence-corrected chi connectivity index (χ2v) is 18.8. The normalized spacial score (nSPS) is 12.7. The van der Waals surface area contributed by atoms with Crippen LogP contribution in [0.1, 0.15) is 271 Å². The fourth-order valence-corrected chi connectivity index (χ4v) is 7.88. The Balaban J connectivity index is 4.47. The minimum absolute atomic E-state index is 0.102. The summed E-state index contributed by atoms with van der Waals surface area (Å²) >= 11 is 0. The van der Waals surface area contributed by atoms with Gasteiger partial charge in [-0.1, -0.05) is 254 Å². The molecule has 0 aliphatic carbocycles. The number of rotatable bonds is 51. The number of carbonyl (C=O) groups excluding carboxylic acids is 3. The summed E-state index contributed by atoms with van der Waals surface area (Å²) in [6, 6.07) is 0. The lowest BCUT2D eigenvalue weighted by Crippen LogP contribution is -2.30. The minimum Gasteiger partial charge on any atom is -0.462 e. The van der Waals surface area contributed by atoms with E-state index in [1.54, 1.807) is 0 Å². The molecule has 0 spiro atoms. The van der Waals surface area contributed by atoms with E-state index >= 15 is 0 Å². The Hall–Kier alpha value is -3.41. The van der Waals surface area contributed by atoms with Crippen molar-refractivity contribution < 1.29 is 28.6 Å². The Morgan fingerprint density at radius 1 is 0.309 bits per heavy atom. The van der Waals surface area contributed by atoms with Gasteiger partial charge in [0.2, 0.25) is 0 Å². The highest BCUT2D eigenvalue weighted by Crippen LogP contribution is 2.16. The largest absolute Gasteiger partial charge is 0.462 e. The van der Waals surface area contributed by atoms with Gasteiger partial charge < -0.3 is 14.2 Å². The second kappa shape index (κ2) is 56.2. The predicted molar refractivity (Wildman–Crippen MR) is 293 cm³/mol. The van der Waals surface area contributed by atoms with Crippen molar-refractivity contribution in [2.45, 2.75) is 277 Å². The summed E-state index contributed by atoms with van der Waals surface area (Å²) in [6.07, 6.45) is 73.0. The zero-order valence-electron chi connectivity index (χ0n) is 44.6. The van der Waals surface area contributed by atoms with Crippen LogP contribution in [0.2, 0.25) is 0 Å². The fourth-order valence-electron chi connectivity index (χ4n) is 7.88. The fraction of sp³-hybridized carbons (Fsp3) is 0.726. The molecule has 0 aromatic rings. The van der Waals surface area contributed by atoms with Crippen LogP contribution in [0.5, 0.6) is 0 Å². The Morgan fingerprint density at radius 3 is 1.00 bits per heavy atom.